The normalized spacial score (nSPS) is 15.3. The molecule has 0 saturated heterocycles. The molecule has 0 aliphatic heterocycles. The molecule has 0 spiro atoms. The minimum atomic E-state index is -4.31. The Labute approximate surface area is 125 Å². The van der Waals surface area contributed by atoms with Gasteiger partial charge in [-0.2, -0.15) is 0 Å². The molecule has 114 valence electrons. The third kappa shape index (κ3) is 3.31. The van der Waals surface area contributed by atoms with Crippen LogP contribution in [0.2, 0.25) is 5.02 Å². The van der Waals surface area contributed by atoms with Gasteiger partial charge in [0.25, 0.3) is 5.69 Å². The number of esters is 1. The Bertz CT molecular complexity index is 714. The fourth-order valence-electron chi connectivity index (χ4n) is 1.75. The Balaban J connectivity index is 2.48. The van der Waals surface area contributed by atoms with Crippen molar-refractivity contribution in [3.05, 3.63) is 32.8 Å². The van der Waals surface area contributed by atoms with Crippen LogP contribution in [0.4, 0.5) is 5.69 Å². The average Bonchev–Trinajstić information content (AvgIpc) is 2.31. The van der Waals surface area contributed by atoms with Crippen molar-refractivity contribution in [3.8, 4) is 0 Å². The first-order chi connectivity index (χ1) is 9.70. The molecule has 1 aliphatic carbocycles. The Kier molecular flexibility index (Phi) is 4.17. The molecule has 0 atom stereocenters. The number of carbonyl (C=O) groups excluding carboxylic acids is 1. The van der Waals surface area contributed by atoms with Crippen molar-refractivity contribution in [1.82, 2.24) is 0 Å². The second-order valence-electron chi connectivity index (χ2n) is 4.57. The number of hydrogen-bond acceptors (Lipinski definition) is 6. The molecule has 10 heteroatoms. The van der Waals surface area contributed by atoms with Crippen LogP contribution in [-0.4, -0.2) is 25.4 Å². The topological polar surface area (TPSA) is 130 Å². The number of benzene rings is 1. The van der Waals surface area contributed by atoms with Crippen molar-refractivity contribution in [3.63, 3.8) is 0 Å². The van der Waals surface area contributed by atoms with Crippen LogP contribution >= 0.6 is 11.6 Å². The largest absolute Gasteiger partial charge is 0.459 e. The molecule has 8 nitrogen and oxygen atoms in total. The Morgan fingerprint density at radius 1 is 1.43 bits per heavy atom. The number of nitro groups is 1. The number of nitrogens with two attached hydrogens (primary N) is 1. The highest BCUT2D eigenvalue weighted by Crippen LogP contribution is 2.33. The van der Waals surface area contributed by atoms with Gasteiger partial charge in [-0.3, -0.25) is 10.1 Å². The molecule has 1 aliphatic rings. The summed E-state index contributed by atoms with van der Waals surface area (Å²) in [5, 5.41) is 15.2. The van der Waals surface area contributed by atoms with E-state index in [9.17, 15) is 23.3 Å². The number of nitrogens with zero attached hydrogens (tertiary/aromatic N) is 1. The molecule has 1 aromatic carbocycles. The maximum absolute atomic E-state index is 11.9. The van der Waals surface area contributed by atoms with Gasteiger partial charge in [-0.15, -0.1) is 0 Å². The number of carbonyl (C=O) groups is 1. The van der Waals surface area contributed by atoms with E-state index < -0.39 is 36.5 Å². The summed E-state index contributed by atoms with van der Waals surface area (Å²) in [7, 11) is -4.31. The van der Waals surface area contributed by atoms with Crippen LogP contribution in [0.25, 0.3) is 0 Å². The lowest BCUT2D eigenvalue weighted by Crippen LogP contribution is -2.25. The fraction of sp³-hybridized carbons (Fsp3) is 0.364. The van der Waals surface area contributed by atoms with E-state index >= 15 is 0 Å². The highest BCUT2D eigenvalue weighted by Gasteiger charge is 2.28. The molecule has 1 saturated carbocycles. The molecule has 2 N–H and O–H groups in total. The zero-order valence-corrected chi connectivity index (χ0v) is 12.2. The highest BCUT2D eigenvalue weighted by molar-refractivity contribution is 7.89. The average molecular weight is 335 g/mol. The van der Waals surface area contributed by atoms with E-state index in [1.807, 2.05) is 0 Å². The summed E-state index contributed by atoms with van der Waals surface area (Å²) in [6.07, 6.45) is 2.11. The minimum absolute atomic E-state index is 0.245. The van der Waals surface area contributed by atoms with Gasteiger partial charge < -0.3 is 4.74 Å². The van der Waals surface area contributed by atoms with Gasteiger partial charge in [-0.1, -0.05) is 11.6 Å². The van der Waals surface area contributed by atoms with E-state index in [4.69, 9.17) is 21.5 Å². The molecule has 2 rings (SSSR count). The lowest BCUT2D eigenvalue weighted by atomic mass is 9.96. The van der Waals surface area contributed by atoms with E-state index in [1.165, 1.54) is 0 Å². The van der Waals surface area contributed by atoms with Gasteiger partial charge in [0.2, 0.25) is 10.0 Å². The molecule has 0 aromatic heterocycles. The quantitative estimate of drug-likeness (QED) is 0.505. The second kappa shape index (κ2) is 5.58. The molecule has 0 unspecified atom stereocenters. The van der Waals surface area contributed by atoms with Crippen molar-refractivity contribution in [2.75, 3.05) is 0 Å². The number of primary sulfonamides is 1. The molecule has 0 heterocycles. The third-order valence-electron chi connectivity index (χ3n) is 3.08. The van der Waals surface area contributed by atoms with Crippen LogP contribution < -0.4 is 5.14 Å². The molecule has 0 bridgehead atoms. The number of halogens is 1. The van der Waals surface area contributed by atoms with Crippen LogP contribution in [-0.2, 0) is 14.8 Å². The summed E-state index contributed by atoms with van der Waals surface area (Å²) in [6.45, 7) is 0. The SMILES string of the molecule is NS(=O)(=O)c1cc(C(=O)OC2CCC2)cc([N+](=O)[O-])c1Cl. The van der Waals surface area contributed by atoms with Crippen molar-refractivity contribution in [1.29, 1.82) is 0 Å². The predicted octanol–water partition coefficient (Wildman–Crippen LogP) is 1.60. The first kappa shape index (κ1) is 15.7. The lowest BCUT2D eigenvalue weighted by Gasteiger charge is -2.25. The van der Waals surface area contributed by atoms with Gasteiger partial charge in [-0.05, 0) is 25.3 Å². The Hall–Kier alpha value is -1.71. The first-order valence-corrected chi connectivity index (χ1v) is 7.84. The summed E-state index contributed by atoms with van der Waals surface area (Å²) in [5.74, 6) is -0.843. The number of hydrogen-bond donors (Lipinski definition) is 1. The Morgan fingerprint density at radius 3 is 2.48 bits per heavy atom. The van der Waals surface area contributed by atoms with Crippen LogP contribution in [0.15, 0.2) is 17.0 Å². The minimum Gasteiger partial charge on any atom is -0.459 e. The van der Waals surface area contributed by atoms with E-state index in [-0.39, 0.29) is 11.7 Å². The zero-order valence-electron chi connectivity index (χ0n) is 10.6. The van der Waals surface area contributed by atoms with Crippen LogP contribution in [0.3, 0.4) is 0 Å². The number of nitro benzene ring substituents is 1. The van der Waals surface area contributed by atoms with E-state index in [0.717, 1.165) is 18.6 Å². The van der Waals surface area contributed by atoms with Gasteiger partial charge in [0, 0.05) is 6.07 Å². The summed E-state index contributed by atoms with van der Waals surface area (Å²) in [5.41, 5.74) is -0.995. The van der Waals surface area contributed by atoms with Gasteiger partial charge in [0.15, 0.2) is 0 Å². The van der Waals surface area contributed by atoms with Crippen molar-refractivity contribution >= 4 is 33.3 Å². The summed E-state index contributed by atoms with van der Waals surface area (Å²) >= 11 is 5.66. The predicted molar refractivity (Wildman–Crippen MR) is 72.5 cm³/mol. The maximum atomic E-state index is 11.9. The highest BCUT2D eigenvalue weighted by atomic mass is 35.5. The molecular weight excluding hydrogens is 324 g/mol. The second-order valence-corrected chi connectivity index (χ2v) is 6.48. The number of ether oxygens (including phenoxy) is 1. The number of sulfonamides is 1. The van der Waals surface area contributed by atoms with E-state index in [0.29, 0.717) is 12.8 Å². The van der Waals surface area contributed by atoms with Crippen LogP contribution in [0.1, 0.15) is 29.6 Å². The molecule has 21 heavy (non-hydrogen) atoms. The molecule has 1 aromatic rings. The standard InChI is InChI=1S/C11H11ClN2O6S/c12-10-8(14(16)17)4-6(5-9(10)21(13,18)19)11(15)20-7-2-1-3-7/h4-5,7H,1-3H2,(H2,13,18,19). The van der Waals surface area contributed by atoms with Crippen molar-refractivity contribution < 1.29 is 22.9 Å². The summed E-state index contributed by atoms with van der Waals surface area (Å²) < 4.78 is 27.9. The molecular formula is C11H11ClN2O6S. The van der Waals surface area contributed by atoms with Gasteiger partial charge >= 0.3 is 5.97 Å². The van der Waals surface area contributed by atoms with Gasteiger partial charge in [-0.25, -0.2) is 18.4 Å². The van der Waals surface area contributed by atoms with Crippen molar-refractivity contribution in [2.24, 2.45) is 5.14 Å². The molecule has 0 radical (unpaired) electrons. The maximum Gasteiger partial charge on any atom is 0.338 e. The summed E-state index contributed by atoms with van der Waals surface area (Å²) in [4.78, 5) is 21.2. The van der Waals surface area contributed by atoms with Gasteiger partial charge in [0.1, 0.15) is 16.0 Å². The van der Waals surface area contributed by atoms with Crippen LogP contribution in [0, 0.1) is 10.1 Å². The van der Waals surface area contributed by atoms with Crippen LogP contribution in [0.5, 0.6) is 0 Å². The smallest absolute Gasteiger partial charge is 0.338 e. The zero-order chi connectivity index (χ0) is 15.8. The van der Waals surface area contributed by atoms with Crippen molar-refractivity contribution in [2.45, 2.75) is 30.3 Å². The van der Waals surface area contributed by atoms with E-state index in [2.05, 4.69) is 0 Å². The molecule has 1 fully saturated rings. The number of rotatable bonds is 4. The first-order valence-electron chi connectivity index (χ1n) is 5.92. The summed E-state index contributed by atoms with van der Waals surface area (Å²) in [6, 6.07) is 1.75. The lowest BCUT2D eigenvalue weighted by molar-refractivity contribution is -0.384. The van der Waals surface area contributed by atoms with E-state index in [1.54, 1.807) is 0 Å². The fourth-order valence-corrected chi connectivity index (χ4v) is 2.90. The molecule has 0 amide bonds. The van der Waals surface area contributed by atoms with Gasteiger partial charge in [0.05, 0.1) is 10.5 Å². The monoisotopic (exact) mass is 334 g/mol. The third-order valence-corrected chi connectivity index (χ3v) is 4.53. The Morgan fingerprint density at radius 2 is 2.05 bits per heavy atom.